The van der Waals surface area contributed by atoms with Crippen LogP contribution in [0.2, 0.25) is 0 Å². The number of nitrogens with one attached hydrogen (secondary N) is 1. The van der Waals surface area contributed by atoms with E-state index in [9.17, 15) is 4.79 Å². The van der Waals surface area contributed by atoms with E-state index in [0.717, 1.165) is 77.0 Å². The second-order valence-corrected chi connectivity index (χ2v) is 10.9. The highest BCUT2D eigenvalue weighted by Crippen LogP contribution is 2.43. The lowest BCUT2D eigenvalue weighted by molar-refractivity contribution is -0.173. The van der Waals surface area contributed by atoms with Crippen molar-refractivity contribution in [1.82, 2.24) is 10.2 Å². The van der Waals surface area contributed by atoms with Crippen LogP contribution in [0.4, 0.5) is 0 Å². The highest BCUT2D eigenvalue weighted by atomic mass is 16.7. The first-order valence-corrected chi connectivity index (χ1v) is 13.0. The van der Waals surface area contributed by atoms with Crippen LogP contribution in [0.25, 0.3) is 0 Å². The van der Waals surface area contributed by atoms with Crippen LogP contribution in [0.1, 0.15) is 78.1 Å². The van der Waals surface area contributed by atoms with Crippen LogP contribution < -0.4 is 5.32 Å². The number of amides is 1. The number of carbonyl (C=O) groups is 1. The van der Waals surface area contributed by atoms with E-state index in [1.54, 1.807) is 0 Å². The summed E-state index contributed by atoms with van der Waals surface area (Å²) in [6.45, 7) is 7.90. The van der Waals surface area contributed by atoms with Crippen molar-refractivity contribution in [2.75, 3.05) is 40.0 Å². The Hall–Kier alpha value is -1.22. The summed E-state index contributed by atoms with van der Waals surface area (Å²) in [6.07, 6.45) is 9.94. The number of likely N-dealkylation sites (N-methyl/N-ethyl adjacent to an activating group) is 1. The van der Waals surface area contributed by atoms with Gasteiger partial charge in [0.1, 0.15) is 0 Å². The van der Waals surface area contributed by atoms with Crippen LogP contribution >= 0.6 is 0 Å². The Kier molecular flexibility index (Phi) is 8.31. The van der Waals surface area contributed by atoms with Crippen molar-refractivity contribution in [2.45, 2.75) is 96.1 Å². The highest BCUT2D eigenvalue weighted by Gasteiger charge is 2.45. The minimum Gasteiger partial charge on any atom is -0.381 e. The van der Waals surface area contributed by atoms with Crippen LogP contribution in [0.5, 0.6) is 0 Å². The smallest absolute Gasteiger partial charge is 0.242 e. The van der Waals surface area contributed by atoms with Gasteiger partial charge in [0.25, 0.3) is 0 Å². The van der Waals surface area contributed by atoms with E-state index in [0.29, 0.717) is 18.9 Å². The van der Waals surface area contributed by atoms with E-state index in [4.69, 9.17) is 19.0 Å². The fourth-order valence-electron chi connectivity index (χ4n) is 5.47. The molecule has 3 aliphatic heterocycles. The van der Waals surface area contributed by atoms with Gasteiger partial charge in [-0.2, -0.15) is 0 Å². The molecule has 2 unspecified atom stereocenters. The lowest BCUT2D eigenvalue weighted by Gasteiger charge is -2.37. The minimum absolute atomic E-state index is 0.0224. The molecule has 0 spiro atoms. The van der Waals surface area contributed by atoms with Crippen molar-refractivity contribution in [3.8, 4) is 0 Å². The number of carbonyl (C=O) groups excluding carboxylic acids is 1. The number of oxime groups is 1. The molecule has 1 amide bonds. The standard InChI is InChI=1S/C25H43N3O5/c1-24(2,28(3)17-19-9-14-30-15-10-19)23(29)26-21-16-20(27-33-21)25(11-5-6-12-25)18-32-22-8-4-7-13-31-22/h19,21-22H,4-18H2,1-3H3,(H,26,29). The summed E-state index contributed by atoms with van der Waals surface area (Å²) < 4.78 is 17.4. The first kappa shape index (κ1) is 24.9. The van der Waals surface area contributed by atoms with Gasteiger partial charge in [0.15, 0.2) is 6.29 Å². The maximum atomic E-state index is 13.2. The van der Waals surface area contributed by atoms with Gasteiger partial charge in [0, 0.05) is 38.2 Å². The van der Waals surface area contributed by atoms with Crippen LogP contribution in [-0.2, 0) is 23.8 Å². The number of hydrogen-bond acceptors (Lipinski definition) is 7. The number of rotatable bonds is 9. The molecule has 1 saturated carbocycles. The Morgan fingerprint density at radius 1 is 1.15 bits per heavy atom. The van der Waals surface area contributed by atoms with E-state index in [1.165, 1.54) is 12.8 Å². The van der Waals surface area contributed by atoms with Crippen molar-refractivity contribution in [3.05, 3.63) is 0 Å². The van der Waals surface area contributed by atoms with Gasteiger partial charge in [-0.3, -0.25) is 9.69 Å². The Balaban J connectivity index is 1.28. The van der Waals surface area contributed by atoms with Gasteiger partial charge < -0.3 is 24.4 Å². The molecule has 188 valence electrons. The van der Waals surface area contributed by atoms with E-state index < -0.39 is 11.8 Å². The third kappa shape index (κ3) is 6.08. The second-order valence-electron chi connectivity index (χ2n) is 10.9. The van der Waals surface area contributed by atoms with Crippen molar-refractivity contribution in [1.29, 1.82) is 0 Å². The molecule has 3 fully saturated rings. The molecule has 4 rings (SSSR count). The fourth-order valence-corrected chi connectivity index (χ4v) is 5.47. The second kappa shape index (κ2) is 11.0. The largest absolute Gasteiger partial charge is 0.381 e. The molecule has 3 heterocycles. The lowest BCUT2D eigenvalue weighted by atomic mass is 9.80. The summed E-state index contributed by atoms with van der Waals surface area (Å²) in [6, 6.07) is 0. The maximum absolute atomic E-state index is 13.2. The predicted molar refractivity (Wildman–Crippen MR) is 126 cm³/mol. The van der Waals surface area contributed by atoms with Gasteiger partial charge in [-0.1, -0.05) is 18.0 Å². The van der Waals surface area contributed by atoms with E-state index >= 15 is 0 Å². The van der Waals surface area contributed by atoms with Gasteiger partial charge >= 0.3 is 0 Å². The van der Waals surface area contributed by atoms with Gasteiger partial charge in [0.2, 0.25) is 12.1 Å². The molecule has 0 aromatic rings. The van der Waals surface area contributed by atoms with Crippen molar-refractivity contribution in [3.63, 3.8) is 0 Å². The summed E-state index contributed by atoms with van der Waals surface area (Å²) in [5, 5.41) is 7.57. The van der Waals surface area contributed by atoms with Gasteiger partial charge in [-0.05, 0) is 71.8 Å². The molecule has 0 aromatic heterocycles. The zero-order valence-electron chi connectivity index (χ0n) is 20.8. The molecular weight excluding hydrogens is 422 g/mol. The molecule has 1 aliphatic carbocycles. The molecule has 1 N–H and O–H groups in total. The first-order valence-electron chi connectivity index (χ1n) is 13.0. The average Bonchev–Trinajstić information content (AvgIpc) is 3.49. The molecule has 0 aromatic carbocycles. The lowest BCUT2D eigenvalue weighted by Crippen LogP contribution is -2.56. The third-order valence-electron chi connectivity index (χ3n) is 8.20. The predicted octanol–water partition coefficient (Wildman–Crippen LogP) is 3.45. The average molecular weight is 466 g/mol. The maximum Gasteiger partial charge on any atom is 0.242 e. The Morgan fingerprint density at radius 3 is 2.61 bits per heavy atom. The summed E-state index contributed by atoms with van der Waals surface area (Å²) >= 11 is 0. The molecule has 8 nitrogen and oxygen atoms in total. The molecule has 0 radical (unpaired) electrons. The first-order chi connectivity index (χ1) is 15.9. The Morgan fingerprint density at radius 2 is 1.91 bits per heavy atom. The Labute approximate surface area is 198 Å². The van der Waals surface area contributed by atoms with Crippen LogP contribution in [0, 0.1) is 11.3 Å². The summed E-state index contributed by atoms with van der Waals surface area (Å²) in [5.41, 5.74) is 0.321. The van der Waals surface area contributed by atoms with E-state index in [1.807, 2.05) is 20.9 Å². The summed E-state index contributed by atoms with van der Waals surface area (Å²) in [7, 11) is 2.03. The van der Waals surface area contributed by atoms with Gasteiger partial charge in [-0.15, -0.1) is 0 Å². The Bertz CT molecular complexity index is 680. The quantitative estimate of drug-likeness (QED) is 0.562. The third-order valence-corrected chi connectivity index (χ3v) is 8.20. The zero-order chi connectivity index (χ0) is 23.3. The van der Waals surface area contributed by atoms with Crippen molar-refractivity contribution < 1.29 is 23.8 Å². The molecule has 2 atom stereocenters. The van der Waals surface area contributed by atoms with Crippen LogP contribution in [0.15, 0.2) is 5.16 Å². The van der Waals surface area contributed by atoms with Crippen LogP contribution in [-0.4, -0.2) is 74.6 Å². The topological polar surface area (TPSA) is 81.6 Å². The number of nitrogens with zero attached hydrogens (tertiary/aromatic N) is 2. The molecule has 4 aliphatic rings. The molecule has 8 heteroatoms. The number of ether oxygens (including phenoxy) is 3. The van der Waals surface area contributed by atoms with Crippen LogP contribution in [0.3, 0.4) is 0 Å². The SMILES string of the molecule is CN(CC1CCOCC1)C(C)(C)C(=O)NC1CC(C2(COC3CCCCO3)CCCC2)=NO1. The minimum atomic E-state index is -0.628. The molecule has 0 bridgehead atoms. The normalized spacial score (nSPS) is 28.5. The molecule has 33 heavy (non-hydrogen) atoms. The molecular formula is C25H43N3O5. The van der Waals surface area contributed by atoms with Gasteiger partial charge in [0.05, 0.1) is 17.9 Å². The highest BCUT2D eigenvalue weighted by molar-refractivity contribution is 5.92. The summed E-state index contributed by atoms with van der Waals surface area (Å²) in [5.74, 6) is 0.551. The monoisotopic (exact) mass is 465 g/mol. The number of hydrogen-bond donors (Lipinski definition) is 1. The summed E-state index contributed by atoms with van der Waals surface area (Å²) in [4.78, 5) is 21.1. The fraction of sp³-hybridized carbons (Fsp3) is 0.920. The van der Waals surface area contributed by atoms with Crippen molar-refractivity contribution in [2.24, 2.45) is 16.5 Å². The van der Waals surface area contributed by atoms with E-state index in [-0.39, 0.29) is 17.6 Å². The zero-order valence-corrected chi connectivity index (χ0v) is 20.8. The van der Waals surface area contributed by atoms with E-state index in [2.05, 4.69) is 15.4 Å². The van der Waals surface area contributed by atoms with Gasteiger partial charge in [-0.25, -0.2) is 0 Å². The van der Waals surface area contributed by atoms with Crippen molar-refractivity contribution >= 4 is 11.6 Å². The molecule has 2 saturated heterocycles.